The van der Waals surface area contributed by atoms with E-state index in [-0.39, 0.29) is 30.1 Å². The number of carbonyl (C=O) groups is 2. The number of halogens is 1. The Morgan fingerprint density at radius 1 is 1.27 bits per heavy atom. The van der Waals surface area contributed by atoms with Crippen LogP contribution >= 0.6 is 0 Å². The fraction of sp³-hybridized carbons (Fsp3) is 0.368. The SMILES string of the molecule is CCc1ncc(C(=O)N[C@@H]2CC(=O)N(CCc3ccc(F)cc3)C2)cn1. The molecule has 0 radical (unpaired) electrons. The second kappa shape index (κ2) is 8.03. The van der Waals surface area contributed by atoms with Crippen molar-refractivity contribution in [3.05, 3.63) is 59.4 Å². The van der Waals surface area contributed by atoms with Gasteiger partial charge in [0, 0.05) is 38.3 Å². The van der Waals surface area contributed by atoms with Gasteiger partial charge in [-0.15, -0.1) is 0 Å². The predicted molar refractivity (Wildman–Crippen MR) is 94.0 cm³/mol. The van der Waals surface area contributed by atoms with Gasteiger partial charge in [-0.05, 0) is 24.1 Å². The molecule has 0 aliphatic carbocycles. The van der Waals surface area contributed by atoms with Crippen molar-refractivity contribution in [3.63, 3.8) is 0 Å². The molecule has 2 aromatic rings. The van der Waals surface area contributed by atoms with E-state index >= 15 is 0 Å². The Kier molecular flexibility index (Phi) is 5.55. The molecule has 0 spiro atoms. The number of aromatic nitrogens is 2. The predicted octanol–water partition coefficient (Wildman–Crippen LogP) is 1.75. The Bertz CT molecular complexity index is 777. The zero-order chi connectivity index (χ0) is 18.5. The Balaban J connectivity index is 1.51. The Morgan fingerprint density at radius 2 is 1.96 bits per heavy atom. The Labute approximate surface area is 151 Å². The first-order valence-electron chi connectivity index (χ1n) is 8.69. The van der Waals surface area contributed by atoms with Crippen LogP contribution in [0.25, 0.3) is 0 Å². The smallest absolute Gasteiger partial charge is 0.254 e. The van der Waals surface area contributed by atoms with Crippen molar-refractivity contribution < 1.29 is 14.0 Å². The number of aryl methyl sites for hydroxylation is 1. The molecule has 0 bridgehead atoms. The second-order valence-electron chi connectivity index (χ2n) is 6.33. The van der Waals surface area contributed by atoms with Crippen molar-refractivity contribution in [2.45, 2.75) is 32.2 Å². The van der Waals surface area contributed by atoms with E-state index in [0.717, 1.165) is 5.56 Å². The standard InChI is InChI=1S/C19H21FN4O2/c1-2-17-21-10-14(11-22-17)19(26)23-16-9-18(25)24(12-16)8-7-13-3-5-15(20)6-4-13/h3-6,10-11,16H,2,7-9,12H2,1H3,(H,23,26)/t16-/m1/s1. The van der Waals surface area contributed by atoms with Crippen LogP contribution in [0, 0.1) is 5.82 Å². The van der Waals surface area contributed by atoms with Crippen LogP contribution in [0.1, 0.15) is 35.1 Å². The van der Waals surface area contributed by atoms with E-state index < -0.39 is 0 Å². The third-order valence-electron chi connectivity index (χ3n) is 4.42. The van der Waals surface area contributed by atoms with Crippen LogP contribution in [0.2, 0.25) is 0 Å². The lowest BCUT2D eigenvalue weighted by Crippen LogP contribution is -2.37. The number of benzene rings is 1. The minimum atomic E-state index is -0.273. The summed E-state index contributed by atoms with van der Waals surface area (Å²) in [6.07, 6.45) is 4.65. The average molecular weight is 356 g/mol. The summed E-state index contributed by atoms with van der Waals surface area (Å²) in [5, 5.41) is 2.87. The average Bonchev–Trinajstić information content (AvgIpc) is 3.00. The molecule has 2 heterocycles. The molecule has 1 aromatic carbocycles. The summed E-state index contributed by atoms with van der Waals surface area (Å²) in [5.74, 6) is 0.148. The first-order valence-corrected chi connectivity index (χ1v) is 8.69. The molecule has 0 saturated carbocycles. The quantitative estimate of drug-likeness (QED) is 0.856. The molecule has 1 saturated heterocycles. The number of hydrogen-bond donors (Lipinski definition) is 1. The summed E-state index contributed by atoms with van der Waals surface area (Å²) in [7, 11) is 0. The van der Waals surface area contributed by atoms with Gasteiger partial charge in [-0.1, -0.05) is 19.1 Å². The zero-order valence-electron chi connectivity index (χ0n) is 14.6. The molecule has 3 rings (SSSR count). The van der Waals surface area contributed by atoms with E-state index in [1.165, 1.54) is 24.5 Å². The molecule has 1 aromatic heterocycles. The van der Waals surface area contributed by atoms with Gasteiger partial charge in [0.2, 0.25) is 5.91 Å². The van der Waals surface area contributed by atoms with Crippen LogP contribution in [-0.2, 0) is 17.6 Å². The monoisotopic (exact) mass is 356 g/mol. The summed E-state index contributed by atoms with van der Waals surface area (Å²) in [6.45, 7) is 2.96. The lowest BCUT2D eigenvalue weighted by molar-refractivity contribution is -0.127. The number of likely N-dealkylation sites (tertiary alicyclic amines) is 1. The van der Waals surface area contributed by atoms with Gasteiger partial charge in [0.15, 0.2) is 0 Å². The van der Waals surface area contributed by atoms with Crippen molar-refractivity contribution in [1.82, 2.24) is 20.2 Å². The van der Waals surface area contributed by atoms with Gasteiger partial charge in [0.1, 0.15) is 11.6 Å². The molecule has 136 valence electrons. The highest BCUT2D eigenvalue weighted by Crippen LogP contribution is 2.13. The molecule has 6 nitrogen and oxygen atoms in total. The minimum Gasteiger partial charge on any atom is -0.347 e. The van der Waals surface area contributed by atoms with Gasteiger partial charge in [0.25, 0.3) is 5.91 Å². The van der Waals surface area contributed by atoms with Crippen LogP contribution in [0.3, 0.4) is 0 Å². The minimum absolute atomic E-state index is 0.00925. The van der Waals surface area contributed by atoms with E-state index in [9.17, 15) is 14.0 Å². The van der Waals surface area contributed by atoms with Gasteiger partial charge in [-0.2, -0.15) is 0 Å². The summed E-state index contributed by atoms with van der Waals surface area (Å²) < 4.78 is 12.9. The topological polar surface area (TPSA) is 75.2 Å². The third-order valence-corrected chi connectivity index (χ3v) is 4.42. The number of nitrogens with zero attached hydrogens (tertiary/aromatic N) is 3. The number of rotatable bonds is 6. The number of carbonyl (C=O) groups excluding carboxylic acids is 2. The van der Waals surface area contributed by atoms with Crippen molar-refractivity contribution in [2.24, 2.45) is 0 Å². The normalized spacial score (nSPS) is 16.8. The van der Waals surface area contributed by atoms with Crippen molar-refractivity contribution in [1.29, 1.82) is 0 Å². The van der Waals surface area contributed by atoms with Crippen molar-refractivity contribution in [2.75, 3.05) is 13.1 Å². The number of amides is 2. The van der Waals surface area contributed by atoms with Gasteiger partial charge in [-0.3, -0.25) is 9.59 Å². The van der Waals surface area contributed by atoms with Gasteiger partial charge < -0.3 is 10.2 Å². The maximum atomic E-state index is 12.9. The van der Waals surface area contributed by atoms with E-state index in [0.29, 0.717) is 37.3 Å². The highest BCUT2D eigenvalue weighted by atomic mass is 19.1. The fourth-order valence-electron chi connectivity index (χ4n) is 2.92. The maximum Gasteiger partial charge on any atom is 0.254 e. The van der Waals surface area contributed by atoms with Crippen LogP contribution in [-0.4, -0.2) is 45.8 Å². The molecular formula is C19H21FN4O2. The molecule has 1 aliphatic heterocycles. The highest BCUT2D eigenvalue weighted by molar-refractivity contribution is 5.94. The van der Waals surface area contributed by atoms with E-state index in [2.05, 4.69) is 15.3 Å². The first kappa shape index (κ1) is 18.0. The van der Waals surface area contributed by atoms with Crippen LogP contribution in [0.15, 0.2) is 36.7 Å². The third kappa shape index (κ3) is 4.41. The molecule has 1 fully saturated rings. The van der Waals surface area contributed by atoms with Gasteiger partial charge in [-0.25, -0.2) is 14.4 Å². The molecule has 2 amide bonds. The summed E-state index contributed by atoms with van der Waals surface area (Å²) in [4.78, 5) is 34.4. The van der Waals surface area contributed by atoms with Crippen molar-refractivity contribution >= 4 is 11.8 Å². The molecule has 7 heteroatoms. The fourth-order valence-corrected chi connectivity index (χ4v) is 2.92. The van der Waals surface area contributed by atoms with Crippen LogP contribution in [0.4, 0.5) is 4.39 Å². The van der Waals surface area contributed by atoms with E-state index in [1.54, 1.807) is 17.0 Å². The second-order valence-corrected chi connectivity index (χ2v) is 6.33. The van der Waals surface area contributed by atoms with Crippen LogP contribution in [0.5, 0.6) is 0 Å². The highest BCUT2D eigenvalue weighted by Gasteiger charge is 2.30. The molecule has 1 N–H and O–H groups in total. The molecule has 1 atom stereocenters. The summed E-state index contributed by atoms with van der Waals surface area (Å²) in [5.41, 5.74) is 1.36. The van der Waals surface area contributed by atoms with Gasteiger partial charge in [0.05, 0.1) is 11.6 Å². The molecule has 0 unspecified atom stereocenters. The largest absolute Gasteiger partial charge is 0.347 e. The molecule has 26 heavy (non-hydrogen) atoms. The van der Waals surface area contributed by atoms with Gasteiger partial charge >= 0.3 is 0 Å². The lowest BCUT2D eigenvalue weighted by atomic mass is 10.1. The summed E-state index contributed by atoms with van der Waals surface area (Å²) >= 11 is 0. The summed E-state index contributed by atoms with van der Waals surface area (Å²) in [6, 6.07) is 6.03. The maximum absolute atomic E-state index is 12.9. The number of nitrogens with one attached hydrogen (secondary N) is 1. The zero-order valence-corrected chi connectivity index (χ0v) is 14.6. The molecule has 1 aliphatic rings. The molecular weight excluding hydrogens is 335 g/mol. The van der Waals surface area contributed by atoms with E-state index in [1.807, 2.05) is 6.92 Å². The Morgan fingerprint density at radius 3 is 2.62 bits per heavy atom. The van der Waals surface area contributed by atoms with Crippen molar-refractivity contribution in [3.8, 4) is 0 Å². The van der Waals surface area contributed by atoms with Crippen LogP contribution < -0.4 is 5.32 Å². The van der Waals surface area contributed by atoms with E-state index in [4.69, 9.17) is 0 Å². The Hall–Kier alpha value is -2.83. The first-order chi connectivity index (χ1) is 12.5. The number of hydrogen-bond acceptors (Lipinski definition) is 4. The lowest BCUT2D eigenvalue weighted by Gasteiger charge is -2.17.